The first-order valence-electron chi connectivity index (χ1n) is 5.94. The molecule has 0 heterocycles. The molecule has 0 unspecified atom stereocenters. The van der Waals surface area contributed by atoms with E-state index >= 15 is 0 Å². The number of nitrogens with zero attached hydrogens (tertiary/aromatic N) is 1. The van der Waals surface area contributed by atoms with Crippen molar-refractivity contribution in [2.45, 2.75) is 6.92 Å². The maximum Gasteiger partial charge on any atom is 0.270 e. The first-order chi connectivity index (χ1) is 9.90. The number of non-ortho nitro benzene ring substituents is 1. The highest BCUT2D eigenvalue weighted by Crippen LogP contribution is 2.26. The molecule has 108 valence electrons. The third kappa shape index (κ3) is 3.11. The van der Waals surface area contributed by atoms with Crippen LogP contribution in [0.15, 0.2) is 36.4 Å². The van der Waals surface area contributed by atoms with Crippen LogP contribution in [0.4, 0.5) is 11.4 Å². The number of aromatic hydroxyl groups is 1. The van der Waals surface area contributed by atoms with E-state index in [1.54, 1.807) is 25.1 Å². The van der Waals surface area contributed by atoms with Crippen LogP contribution in [0.5, 0.6) is 5.75 Å². The van der Waals surface area contributed by atoms with Gasteiger partial charge in [0, 0.05) is 22.8 Å². The highest BCUT2D eigenvalue weighted by atomic mass is 35.5. The molecule has 2 N–H and O–H groups in total. The van der Waals surface area contributed by atoms with Gasteiger partial charge < -0.3 is 10.4 Å². The summed E-state index contributed by atoms with van der Waals surface area (Å²) in [7, 11) is 0. The van der Waals surface area contributed by atoms with Gasteiger partial charge >= 0.3 is 0 Å². The zero-order valence-corrected chi connectivity index (χ0v) is 11.7. The molecule has 0 atom stereocenters. The second kappa shape index (κ2) is 5.80. The Morgan fingerprint density at radius 3 is 2.71 bits per heavy atom. The number of phenols is 1. The standard InChI is InChI=1S/C14H11ClN2O4/c1-8-11(15)3-2-4-12(8)16-14(19)10-7-9(17(20)21)5-6-13(10)18/h2-7,18H,1H3,(H,16,19). The first kappa shape index (κ1) is 14.8. The molecule has 0 aliphatic carbocycles. The van der Waals surface area contributed by atoms with Crippen LogP contribution in [-0.2, 0) is 0 Å². The Balaban J connectivity index is 2.34. The van der Waals surface area contributed by atoms with Crippen molar-refractivity contribution in [3.63, 3.8) is 0 Å². The second-order valence-electron chi connectivity index (χ2n) is 4.33. The molecule has 2 aromatic carbocycles. The van der Waals surface area contributed by atoms with Crippen molar-refractivity contribution in [2.24, 2.45) is 0 Å². The summed E-state index contributed by atoms with van der Waals surface area (Å²) < 4.78 is 0. The Kier molecular flexibility index (Phi) is 4.09. The zero-order valence-electron chi connectivity index (χ0n) is 11.0. The van der Waals surface area contributed by atoms with E-state index in [-0.39, 0.29) is 17.0 Å². The molecule has 1 amide bonds. The Labute approximate surface area is 125 Å². The van der Waals surface area contributed by atoms with Crippen molar-refractivity contribution in [2.75, 3.05) is 5.32 Å². The lowest BCUT2D eigenvalue weighted by atomic mass is 10.1. The molecule has 0 saturated heterocycles. The predicted molar refractivity (Wildman–Crippen MR) is 78.9 cm³/mol. The quantitative estimate of drug-likeness (QED) is 0.670. The van der Waals surface area contributed by atoms with Crippen molar-refractivity contribution in [1.82, 2.24) is 0 Å². The van der Waals surface area contributed by atoms with E-state index in [2.05, 4.69) is 5.32 Å². The van der Waals surface area contributed by atoms with E-state index in [9.17, 15) is 20.0 Å². The molecule has 0 fully saturated rings. The number of benzene rings is 2. The summed E-state index contributed by atoms with van der Waals surface area (Å²) in [5.74, 6) is -0.987. The van der Waals surface area contributed by atoms with Crippen molar-refractivity contribution in [1.29, 1.82) is 0 Å². The van der Waals surface area contributed by atoms with Crippen LogP contribution in [0.25, 0.3) is 0 Å². The predicted octanol–water partition coefficient (Wildman–Crippen LogP) is 3.51. The van der Waals surface area contributed by atoms with Gasteiger partial charge in [-0.2, -0.15) is 0 Å². The van der Waals surface area contributed by atoms with Crippen LogP contribution < -0.4 is 5.32 Å². The molecular weight excluding hydrogens is 296 g/mol. The maximum atomic E-state index is 12.1. The summed E-state index contributed by atoms with van der Waals surface area (Å²) in [5.41, 5.74) is 0.681. The lowest BCUT2D eigenvalue weighted by molar-refractivity contribution is -0.384. The number of amides is 1. The highest BCUT2D eigenvalue weighted by Gasteiger charge is 2.17. The average molecular weight is 307 g/mol. The number of halogens is 1. The van der Waals surface area contributed by atoms with Gasteiger partial charge in [-0.05, 0) is 30.7 Å². The summed E-state index contributed by atoms with van der Waals surface area (Å²) in [6.07, 6.45) is 0. The number of hydrogen-bond donors (Lipinski definition) is 2. The van der Waals surface area contributed by atoms with Gasteiger partial charge in [0.05, 0.1) is 10.5 Å². The van der Waals surface area contributed by atoms with Crippen LogP contribution in [0.1, 0.15) is 15.9 Å². The summed E-state index contributed by atoms with van der Waals surface area (Å²) in [4.78, 5) is 22.2. The van der Waals surface area contributed by atoms with Crippen molar-refractivity contribution < 1.29 is 14.8 Å². The van der Waals surface area contributed by atoms with Crippen molar-refractivity contribution >= 4 is 28.9 Å². The summed E-state index contributed by atoms with van der Waals surface area (Å²) in [6.45, 7) is 1.73. The summed E-state index contributed by atoms with van der Waals surface area (Å²) >= 11 is 5.95. The average Bonchev–Trinajstić information content (AvgIpc) is 2.44. The van der Waals surface area contributed by atoms with Gasteiger partial charge in [0.25, 0.3) is 11.6 Å². The molecule has 2 rings (SSSR count). The molecule has 0 saturated carbocycles. The molecule has 0 radical (unpaired) electrons. The fourth-order valence-corrected chi connectivity index (χ4v) is 1.93. The number of carbonyl (C=O) groups excluding carboxylic acids is 1. The van der Waals surface area contributed by atoms with E-state index in [1.165, 1.54) is 0 Å². The largest absolute Gasteiger partial charge is 0.507 e. The lowest BCUT2D eigenvalue weighted by Crippen LogP contribution is -2.13. The maximum absolute atomic E-state index is 12.1. The van der Waals surface area contributed by atoms with Crippen molar-refractivity contribution in [3.05, 3.63) is 62.7 Å². The van der Waals surface area contributed by atoms with Gasteiger partial charge in [-0.25, -0.2) is 0 Å². The van der Waals surface area contributed by atoms with E-state index in [4.69, 9.17) is 11.6 Å². The number of hydrogen-bond acceptors (Lipinski definition) is 4. The molecule has 6 nitrogen and oxygen atoms in total. The normalized spacial score (nSPS) is 10.2. The van der Waals surface area contributed by atoms with Gasteiger partial charge in [-0.3, -0.25) is 14.9 Å². The smallest absolute Gasteiger partial charge is 0.270 e. The summed E-state index contributed by atoms with van der Waals surface area (Å²) in [6, 6.07) is 8.24. The molecule has 0 aromatic heterocycles. The topological polar surface area (TPSA) is 92.5 Å². The number of carbonyl (C=O) groups is 1. The Morgan fingerprint density at radius 1 is 1.33 bits per heavy atom. The number of phenolic OH excluding ortho intramolecular Hbond substituents is 1. The molecule has 0 aliphatic heterocycles. The van der Waals surface area contributed by atoms with Crippen LogP contribution >= 0.6 is 11.6 Å². The molecule has 7 heteroatoms. The Hall–Kier alpha value is -2.60. The minimum atomic E-state index is -0.651. The van der Waals surface area contributed by atoms with Crippen LogP contribution in [0.3, 0.4) is 0 Å². The van der Waals surface area contributed by atoms with E-state index < -0.39 is 10.8 Å². The van der Waals surface area contributed by atoms with Crippen molar-refractivity contribution in [3.8, 4) is 5.75 Å². The fraction of sp³-hybridized carbons (Fsp3) is 0.0714. The SMILES string of the molecule is Cc1c(Cl)cccc1NC(=O)c1cc([N+](=O)[O-])ccc1O. The monoisotopic (exact) mass is 306 g/mol. The van der Waals surface area contributed by atoms with Crippen LogP contribution in [0, 0.1) is 17.0 Å². The molecule has 2 aromatic rings. The summed E-state index contributed by atoms with van der Waals surface area (Å²) in [5, 5.41) is 23.4. The Morgan fingerprint density at radius 2 is 2.05 bits per heavy atom. The van der Waals surface area contributed by atoms with Gasteiger partial charge in [0.15, 0.2) is 0 Å². The van der Waals surface area contributed by atoms with Gasteiger partial charge in [0.1, 0.15) is 5.75 Å². The molecule has 21 heavy (non-hydrogen) atoms. The van der Waals surface area contributed by atoms with Gasteiger partial charge in [-0.1, -0.05) is 17.7 Å². The second-order valence-corrected chi connectivity index (χ2v) is 4.73. The molecule has 0 bridgehead atoms. The van der Waals surface area contributed by atoms with E-state index in [0.717, 1.165) is 18.2 Å². The van der Waals surface area contributed by atoms with E-state index in [1.807, 2.05) is 0 Å². The first-order valence-corrected chi connectivity index (χ1v) is 6.32. The van der Waals surface area contributed by atoms with Gasteiger partial charge in [0.2, 0.25) is 0 Å². The van der Waals surface area contributed by atoms with Crippen LogP contribution in [-0.4, -0.2) is 15.9 Å². The van der Waals surface area contributed by atoms with Crippen LogP contribution in [0.2, 0.25) is 5.02 Å². The Bertz CT molecular complexity index is 731. The third-order valence-electron chi connectivity index (χ3n) is 2.95. The lowest BCUT2D eigenvalue weighted by Gasteiger charge is -2.10. The molecule has 0 aliphatic rings. The fourth-order valence-electron chi connectivity index (χ4n) is 1.75. The number of nitrogens with one attached hydrogen (secondary N) is 1. The molecule has 0 spiro atoms. The minimum absolute atomic E-state index is 0.177. The van der Waals surface area contributed by atoms with Gasteiger partial charge in [-0.15, -0.1) is 0 Å². The number of anilines is 1. The number of nitro benzene ring substituents is 1. The third-order valence-corrected chi connectivity index (χ3v) is 3.36. The number of rotatable bonds is 3. The molecular formula is C14H11ClN2O4. The highest BCUT2D eigenvalue weighted by molar-refractivity contribution is 6.31. The number of nitro groups is 1. The minimum Gasteiger partial charge on any atom is -0.507 e. The van der Waals surface area contributed by atoms with E-state index in [0.29, 0.717) is 16.3 Å². The zero-order chi connectivity index (χ0) is 15.6.